The molecule has 0 aliphatic rings. The van der Waals surface area contributed by atoms with Gasteiger partial charge in [0.2, 0.25) is 0 Å². The Hall–Kier alpha value is 0.490. The van der Waals surface area contributed by atoms with E-state index >= 15 is 0 Å². The molecule has 0 aliphatic heterocycles. The fraction of sp³-hybridized carbons (Fsp3) is 0.833. The molecule has 0 saturated heterocycles. The summed E-state index contributed by atoms with van der Waals surface area (Å²) < 4.78 is 12.3. The van der Waals surface area contributed by atoms with Gasteiger partial charge in [-0.2, -0.15) is 0 Å². The van der Waals surface area contributed by atoms with Gasteiger partial charge in [-0.15, -0.1) is 11.6 Å². The highest BCUT2D eigenvalue weighted by molar-refractivity contribution is 7.83. The van der Waals surface area contributed by atoms with Crippen LogP contribution in [-0.4, -0.2) is 33.1 Å². The van der Waals surface area contributed by atoms with Crippen LogP contribution in [0.5, 0.6) is 0 Å². The molecule has 0 bridgehead atoms. The minimum absolute atomic E-state index is 0.143. The van der Waals surface area contributed by atoms with Crippen molar-refractivity contribution in [3.8, 4) is 0 Å². The molecule has 0 radical (unpaired) electrons. The molecule has 13 heavy (non-hydrogen) atoms. The smallest absolute Gasteiger partial charge is 0.305 e. The number of hydrogen-bond donors (Lipinski definition) is 0. The Balaban J connectivity index is 0. The number of hydrogen-bond acceptors (Lipinski definition) is 3. The quantitative estimate of drug-likeness (QED) is 0.568. The molecule has 0 spiro atoms. The third-order valence-corrected chi connectivity index (χ3v) is 1.52. The maximum absolute atomic E-state index is 10.2. The van der Waals surface area contributed by atoms with Crippen LogP contribution in [0.2, 0.25) is 0 Å². The van der Waals surface area contributed by atoms with E-state index in [1.807, 2.05) is 0 Å². The highest BCUT2D eigenvalue weighted by Crippen LogP contribution is 2.23. The Morgan fingerprint density at radius 3 is 1.85 bits per heavy atom. The van der Waals surface area contributed by atoms with Gasteiger partial charge in [0, 0.05) is 30.2 Å². The Morgan fingerprint density at radius 2 is 1.77 bits per heavy atom. The number of carbonyl (C=O) groups excluding carboxylic acids is 1. The van der Waals surface area contributed by atoms with Crippen LogP contribution in [0.25, 0.3) is 0 Å². The molecule has 80 valence electrons. The van der Waals surface area contributed by atoms with Crippen LogP contribution >= 0.6 is 34.8 Å². The minimum Gasteiger partial charge on any atom is -0.428 e. The summed E-state index contributed by atoms with van der Waals surface area (Å²) in [6.07, 6.45) is 3.28. The lowest BCUT2D eigenvalue weighted by atomic mass is 10.7. The molecule has 0 atom stereocenters. The van der Waals surface area contributed by atoms with Crippen LogP contribution in [0.1, 0.15) is 6.92 Å². The predicted octanol–water partition coefficient (Wildman–Crippen LogP) is 1.91. The van der Waals surface area contributed by atoms with Crippen LogP contribution in [0.4, 0.5) is 0 Å². The Bertz CT molecular complexity index is 180. The lowest BCUT2D eigenvalue weighted by Crippen LogP contribution is -2.22. The summed E-state index contributed by atoms with van der Waals surface area (Å²) in [5, 5.41) is 0. The van der Waals surface area contributed by atoms with Gasteiger partial charge in [-0.1, -0.05) is 23.2 Å². The Labute approximate surface area is 95.1 Å². The van der Waals surface area contributed by atoms with E-state index in [1.54, 1.807) is 12.5 Å². The van der Waals surface area contributed by atoms with E-state index < -0.39 is 21.3 Å². The zero-order chi connectivity index (χ0) is 11.1. The molecule has 3 nitrogen and oxygen atoms in total. The van der Waals surface area contributed by atoms with E-state index in [-0.39, 0.29) is 5.88 Å². The van der Waals surface area contributed by atoms with Crippen molar-refractivity contribution >= 4 is 51.6 Å². The topological polar surface area (TPSA) is 43.4 Å². The molecule has 0 aromatic carbocycles. The standard InChI is InChI=1S/C4H5Cl3O2.C2H6OS/c1-3(8)9-4(6,7)2-5;1-4(2)3/h2H2,1H3;1-2H3. The van der Waals surface area contributed by atoms with Crippen molar-refractivity contribution < 1.29 is 13.7 Å². The summed E-state index contributed by atoms with van der Waals surface area (Å²) >= 11 is 15.8. The molecule has 0 aromatic rings. The third kappa shape index (κ3) is 19.1. The number of rotatable bonds is 2. The zero-order valence-corrected chi connectivity index (χ0v) is 10.6. The molecule has 0 fully saturated rings. The van der Waals surface area contributed by atoms with Crippen LogP contribution in [0.15, 0.2) is 0 Å². The first-order valence-corrected chi connectivity index (χ1v) is 6.35. The number of esters is 1. The number of alkyl halides is 3. The third-order valence-electron chi connectivity index (χ3n) is 0.449. The predicted molar refractivity (Wildman–Crippen MR) is 56.9 cm³/mol. The maximum Gasteiger partial charge on any atom is 0.305 e. The molecule has 0 unspecified atom stereocenters. The molecular formula is C6H11Cl3O3S. The first kappa shape index (κ1) is 15.9. The molecule has 0 rings (SSSR count). The van der Waals surface area contributed by atoms with Crippen LogP contribution in [-0.2, 0) is 20.3 Å². The highest BCUT2D eigenvalue weighted by Gasteiger charge is 2.25. The zero-order valence-electron chi connectivity index (χ0n) is 7.47. The molecule has 0 aromatic heterocycles. The molecule has 0 N–H and O–H groups in total. The summed E-state index contributed by atoms with van der Waals surface area (Å²) in [7, 11) is -0.611. The lowest BCUT2D eigenvalue weighted by molar-refractivity contribution is -0.143. The van der Waals surface area contributed by atoms with Gasteiger partial charge in [0.25, 0.3) is 4.52 Å². The largest absolute Gasteiger partial charge is 0.428 e. The molecule has 0 heterocycles. The average molecular weight is 270 g/mol. The molecule has 0 amide bonds. The fourth-order valence-electron chi connectivity index (χ4n) is 0.238. The summed E-state index contributed by atoms with van der Waals surface area (Å²) in [5.41, 5.74) is 0. The second-order valence-electron chi connectivity index (χ2n) is 2.11. The van der Waals surface area contributed by atoms with E-state index in [0.29, 0.717) is 0 Å². The van der Waals surface area contributed by atoms with Crippen LogP contribution in [0.3, 0.4) is 0 Å². The highest BCUT2D eigenvalue weighted by atomic mass is 35.5. The van der Waals surface area contributed by atoms with Gasteiger partial charge in [-0.25, -0.2) is 0 Å². The van der Waals surface area contributed by atoms with Crippen LogP contribution in [0, 0.1) is 0 Å². The number of halogens is 3. The minimum atomic E-state index is -1.58. The van der Waals surface area contributed by atoms with Gasteiger partial charge in [-0.3, -0.25) is 9.00 Å². The monoisotopic (exact) mass is 268 g/mol. The van der Waals surface area contributed by atoms with E-state index in [2.05, 4.69) is 4.74 Å². The van der Waals surface area contributed by atoms with Crippen molar-refractivity contribution in [1.82, 2.24) is 0 Å². The second kappa shape index (κ2) is 7.85. The van der Waals surface area contributed by atoms with Crippen molar-refractivity contribution in [2.75, 3.05) is 18.4 Å². The maximum atomic E-state index is 10.2. The summed E-state index contributed by atoms with van der Waals surface area (Å²) in [6, 6.07) is 0. The molecule has 7 heteroatoms. The van der Waals surface area contributed by atoms with Crippen molar-refractivity contribution in [2.45, 2.75) is 11.4 Å². The van der Waals surface area contributed by atoms with Crippen LogP contribution < -0.4 is 0 Å². The van der Waals surface area contributed by atoms with Crippen molar-refractivity contribution in [3.05, 3.63) is 0 Å². The van der Waals surface area contributed by atoms with Gasteiger partial charge < -0.3 is 4.74 Å². The van der Waals surface area contributed by atoms with Crippen molar-refractivity contribution in [3.63, 3.8) is 0 Å². The second-order valence-corrected chi connectivity index (χ2v) is 5.27. The first-order chi connectivity index (χ1) is 5.71. The number of carbonyl (C=O) groups is 1. The van der Waals surface area contributed by atoms with Crippen molar-refractivity contribution in [2.24, 2.45) is 0 Å². The Kier molecular flexibility index (Phi) is 9.63. The Morgan fingerprint density at radius 1 is 1.46 bits per heavy atom. The lowest BCUT2D eigenvalue weighted by Gasteiger charge is -2.14. The van der Waals surface area contributed by atoms with E-state index in [0.717, 1.165) is 0 Å². The van der Waals surface area contributed by atoms with Gasteiger partial charge in [-0.05, 0) is 0 Å². The summed E-state index contributed by atoms with van der Waals surface area (Å²) in [6.45, 7) is 1.20. The SMILES string of the molecule is CC(=O)OC(Cl)(Cl)CCl.CS(C)=O. The first-order valence-electron chi connectivity index (χ1n) is 3.09. The van der Waals surface area contributed by atoms with Gasteiger partial charge in [0.1, 0.15) is 0 Å². The number of ether oxygens (including phenoxy) is 1. The average Bonchev–Trinajstić information content (AvgIpc) is 1.83. The van der Waals surface area contributed by atoms with Gasteiger partial charge >= 0.3 is 5.97 Å². The molecular weight excluding hydrogens is 258 g/mol. The summed E-state index contributed by atoms with van der Waals surface area (Å²) in [4.78, 5) is 10.2. The van der Waals surface area contributed by atoms with Gasteiger partial charge in [0.15, 0.2) is 0 Å². The van der Waals surface area contributed by atoms with E-state index in [4.69, 9.17) is 34.8 Å². The van der Waals surface area contributed by atoms with E-state index in [9.17, 15) is 9.00 Å². The van der Waals surface area contributed by atoms with E-state index in [1.165, 1.54) is 6.92 Å². The molecule has 0 aliphatic carbocycles. The molecule has 0 saturated carbocycles. The normalized spacial score (nSPS) is 10.4. The van der Waals surface area contributed by atoms with Crippen molar-refractivity contribution in [1.29, 1.82) is 0 Å². The van der Waals surface area contributed by atoms with Gasteiger partial charge in [0.05, 0.1) is 5.88 Å². The summed E-state index contributed by atoms with van der Waals surface area (Å²) in [5.74, 6) is -0.698. The fourth-order valence-corrected chi connectivity index (χ4v) is 0.509.